The predicted molar refractivity (Wildman–Crippen MR) is 97.0 cm³/mol. The van der Waals surface area contributed by atoms with E-state index in [2.05, 4.69) is 5.32 Å². The molecule has 1 aliphatic heterocycles. The normalized spacial score (nSPS) is 14.7. The average Bonchev–Trinajstić information content (AvgIpc) is 2.90. The highest BCUT2D eigenvalue weighted by Crippen LogP contribution is 2.33. The lowest BCUT2D eigenvalue weighted by Crippen LogP contribution is -2.35. The molecule has 0 aliphatic carbocycles. The minimum atomic E-state index is -4.56. The molecular formula is C20H16F4N2O3. The number of benzene rings is 2. The molecule has 5 nitrogen and oxygen atoms in total. The second-order valence-electron chi connectivity index (χ2n) is 6.22. The van der Waals surface area contributed by atoms with Crippen LogP contribution >= 0.6 is 0 Å². The zero-order chi connectivity index (χ0) is 21.2. The van der Waals surface area contributed by atoms with E-state index in [0.717, 1.165) is 29.2 Å². The number of amides is 2. The lowest BCUT2D eigenvalue weighted by Gasteiger charge is -2.15. The van der Waals surface area contributed by atoms with Gasteiger partial charge in [-0.1, -0.05) is 18.2 Å². The van der Waals surface area contributed by atoms with Gasteiger partial charge in [-0.15, -0.1) is 0 Å². The number of anilines is 1. The molecule has 0 spiro atoms. The Morgan fingerprint density at radius 2 is 1.72 bits per heavy atom. The van der Waals surface area contributed by atoms with Gasteiger partial charge in [0.25, 0.3) is 11.8 Å². The largest absolute Gasteiger partial charge is 0.416 e. The molecule has 0 saturated heterocycles. The number of ether oxygens (including phenoxy) is 1. The number of carbonyl (C=O) groups excluding carboxylic acids is 2. The minimum absolute atomic E-state index is 0.0100. The van der Waals surface area contributed by atoms with Crippen molar-refractivity contribution in [2.75, 3.05) is 25.6 Å². The summed E-state index contributed by atoms with van der Waals surface area (Å²) in [7, 11) is 1.40. The summed E-state index contributed by atoms with van der Waals surface area (Å²) in [6, 6.07) is 9.16. The first-order valence-electron chi connectivity index (χ1n) is 8.52. The second kappa shape index (κ2) is 8.04. The van der Waals surface area contributed by atoms with Gasteiger partial charge in [0, 0.05) is 12.8 Å². The van der Waals surface area contributed by atoms with E-state index in [1.54, 1.807) is 0 Å². The topological polar surface area (TPSA) is 58.6 Å². The zero-order valence-electron chi connectivity index (χ0n) is 15.2. The van der Waals surface area contributed by atoms with Gasteiger partial charge in [-0.3, -0.25) is 14.5 Å². The summed E-state index contributed by atoms with van der Waals surface area (Å²) in [4.78, 5) is 26.5. The molecule has 0 saturated carbocycles. The third kappa shape index (κ3) is 4.29. The van der Waals surface area contributed by atoms with Gasteiger partial charge < -0.3 is 10.1 Å². The summed E-state index contributed by atoms with van der Waals surface area (Å²) in [5.74, 6) is -1.88. The van der Waals surface area contributed by atoms with Crippen molar-refractivity contribution in [3.63, 3.8) is 0 Å². The van der Waals surface area contributed by atoms with Crippen LogP contribution in [0.1, 0.15) is 11.1 Å². The second-order valence-corrected chi connectivity index (χ2v) is 6.22. The number of halogens is 4. The summed E-state index contributed by atoms with van der Waals surface area (Å²) in [5.41, 5.74) is -0.886. The Morgan fingerprint density at radius 3 is 2.34 bits per heavy atom. The molecule has 29 heavy (non-hydrogen) atoms. The van der Waals surface area contributed by atoms with Gasteiger partial charge in [-0.05, 0) is 35.9 Å². The highest BCUT2D eigenvalue weighted by atomic mass is 19.4. The van der Waals surface area contributed by atoms with Gasteiger partial charge in [-0.2, -0.15) is 13.2 Å². The Balaban J connectivity index is 2.04. The van der Waals surface area contributed by atoms with E-state index in [4.69, 9.17) is 4.74 Å². The summed E-state index contributed by atoms with van der Waals surface area (Å²) in [6.45, 7) is 0.0532. The standard InChI is InChI=1S/C20H16F4N2O3/c1-29-10-9-26-18(27)16(12-5-7-14(21)8-6-12)17(19(26)28)25-15-4-2-3-13(11-15)20(22,23)24/h2-8,11,25H,9-10H2,1H3. The Kier molecular flexibility index (Phi) is 5.69. The molecule has 152 valence electrons. The third-order valence-corrected chi connectivity index (χ3v) is 4.28. The molecular weight excluding hydrogens is 392 g/mol. The molecule has 9 heteroatoms. The van der Waals surface area contributed by atoms with Crippen molar-refractivity contribution in [1.82, 2.24) is 4.90 Å². The molecule has 0 bridgehead atoms. The van der Waals surface area contributed by atoms with Crippen molar-refractivity contribution in [2.24, 2.45) is 0 Å². The molecule has 0 atom stereocenters. The lowest BCUT2D eigenvalue weighted by atomic mass is 10.0. The molecule has 2 aromatic rings. The van der Waals surface area contributed by atoms with Gasteiger partial charge in [0.2, 0.25) is 0 Å². The van der Waals surface area contributed by atoms with Gasteiger partial charge in [-0.25, -0.2) is 4.39 Å². The maximum Gasteiger partial charge on any atom is 0.416 e. The Bertz CT molecular complexity index is 968. The lowest BCUT2D eigenvalue weighted by molar-refractivity contribution is -0.138. The van der Waals surface area contributed by atoms with Gasteiger partial charge in [0.1, 0.15) is 11.5 Å². The van der Waals surface area contributed by atoms with Crippen LogP contribution in [0, 0.1) is 5.82 Å². The van der Waals surface area contributed by atoms with Crippen LogP contribution < -0.4 is 5.32 Å². The van der Waals surface area contributed by atoms with Crippen LogP contribution in [0.5, 0.6) is 0 Å². The number of rotatable bonds is 6. The van der Waals surface area contributed by atoms with Crippen molar-refractivity contribution >= 4 is 23.1 Å². The fraction of sp³-hybridized carbons (Fsp3) is 0.200. The number of hydrogen-bond acceptors (Lipinski definition) is 4. The van der Waals surface area contributed by atoms with Crippen molar-refractivity contribution in [2.45, 2.75) is 6.18 Å². The molecule has 3 rings (SSSR count). The number of nitrogens with zero attached hydrogens (tertiary/aromatic N) is 1. The average molecular weight is 408 g/mol. The van der Waals surface area contributed by atoms with Gasteiger partial charge in [0.15, 0.2) is 0 Å². The van der Waals surface area contributed by atoms with Crippen LogP contribution in [0.3, 0.4) is 0 Å². The van der Waals surface area contributed by atoms with Gasteiger partial charge >= 0.3 is 6.18 Å². The highest BCUT2D eigenvalue weighted by molar-refractivity contribution is 6.36. The molecule has 1 heterocycles. The molecule has 0 fully saturated rings. The van der Waals surface area contributed by atoms with Crippen molar-refractivity contribution in [3.8, 4) is 0 Å². The molecule has 2 aromatic carbocycles. The number of imide groups is 1. The monoisotopic (exact) mass is 408 g/mol. The SMILES string of the molecule is COCCN1C(=O)C(Nc2cccc(C(F)(F)F)c2)=C(c2ccc(F)cc2)C1=O. The van der Waals surface area contributed by atoms with Crippen molar-refractivity contribution < 1.29 is 31.9 Å². The van der Waals surface area contributed by atoms with E-state index in [1.807, 2.05) is 0 Å². The van der Waals surface area contributed by atoms with Crippen molar-refractivity contribution in [3.05, 3.63) is 71.2 Å². The predicted octanol–water partition coefficient (Wildman–Crippen LogP) is 3.68. The summed E-state index contributed by atoms with van der Waals surface area (Å²) in [6.07, 6.45) is -4.56. The van der Waals surface area contributed by atoms with Crippen LogP contribution in [-0.2, 0) is 20.5 Å². The van der Waals surface area contributed by atoms with Crippen LogP contribution in [0.4, 0.5) is 23.2 Å². The fourth-order valence-electron chi connectivity index (χ4n) is 2.88. The van der Waals surface area contributed by atoms with E-state index >= 15 is 0 Å². The maximum atomic E-state index is 13.3. The maximum absolute atomic E-state index is 13.3. The number of nitrogens with one attached hydrogen (secondary N) is 1. The van der Waals surface area contributed by atoms with Crippen LogP contribution in [0.15, 0.2) is 54.2 Å². The molecule has 0 unspecified atom stereocenters. The van der Waals surface area contributed by atoms with E-state index in [0.29, 0.717) is 0 Å². The first-order valence-corrected chi connectivity index (χ1v) is 8.52. The number of alkyl halides is 3. The van der Waals surface area contributed by atoms with Crippen molar-refractivity contribution in [1.29, 1.82) is 0 Å². The molecule has 0 radical (unpaired) electrons. The number of methoxy groups -OCH3 is 1. The summed E-state index contributed by atoms with van der Waals surface area (Å²) < 4.78 is 57.1. The molecule has 2 amide bonds. The summed E-state index contributed by atoms with van der Waals surface area (Å²) >= 11 is 0. The van der Waals surface area contributed by atoms with Crippen LogP contribution in [-0.4, -0.2) is 37.0 Å². The minimum Gasteiger partial charge on any atom is -0.383 e. The molecule has 1 N–H and O–H groups in total. The Morgan fingerprint density at radius 1 is 1.03 bits per heavy atom. The van der Waals surface area contributed by atoms with E-state index < -0.39 is 29.4 Å². The fourth-order valence-corrected chi connectivity index (χ4v) is 2.88. The number of hydrogen-bond donors (Lipinski definition) is 1. The smallest absolute Gasteiger partial charge is 0.383 e. The van der Waals surface area contributed by atoms with E-state index in [9.17, 15) is 27.2 Å². The quantitative estimate of drug-likeness (QED) is 0.585. The molecule has 1 aliphatic rings. The van der Waals surface area contributed by atoms with Crippen LogP contribution in [0.2, 0.25) is 0 Å². The van der Waals surface area contributed by atoms with E-state index in [-0.39, 0.29) is 35.7 Å². The third-order valence-electron chi connectivity index (χ3n) is 4.28. The first kappa shape index (κ1) is 20.5. The Labute approximate surface area is 163 Å². The summed E-state index contributed by atoms with van der Waals surface area (Å²) in [5, 5.41) is 2.64. The highest BCUT2D eigenvalue weighted by Gasteiger charge is 2.39. The number of carbonyl (C=O) groups is 2. The van der Waals surface area contributed by atoms with E-state index in [1.165, 1.54) is 31.4 Å². The molecule has 0 aromatic heterocycles. The van der Waals surface area contributed by atoms with Gasteiger partial charge in [0.05, 0.1) is 24.3 Å². The Hall–Kier alpha value is -3.20. The first-order chi connectivity index (χ1) is 13.7. The van der Waals surface area contributed by atoms with Crippen LogP contribution in [0.25, 0.3) is 5.57 Å². The zero-order valence-corrected chi connectivity index (χ0v) is 15.2.